The van der Waals surface area contributed by atoms with Gasteiger partial charge >= 0.3 is 0 Å². The Bertz CT molecular complexity index is 853. The van der Waals surface area contributed by atoms with Crippen molar-refractivity contribution in [2.75, 3.05) is 13.1 Å². The van der Waals surface area contributed by atoms with Crippen LogP contribution in [0, 0.1) is 0 Å². The lowest BCUT2D eigenvalue weighted by Gasteiger charge is -2.29. The molecule has 0 aliphatic carbocycles. The molecule has 6 nitrogen and oxygen atoms in total. The van der Waals surface area contributed by atoms with Crippen LogP contribution in [0.2, 0.25) is 0 Å². The van der Waals surface area contributed by atoms with Gasteiger partial charge in [-0.25, -0.2) is 9.97 Å². The number of fused-ring (bicyclic) bond motifs is 1. The first kappa shape index (κ1) is 17.6. The van der Waals surface area contributed by atoms with Crippen LogP contribution >= 0.6 is 0 Å². The Morgan fingerprint density at radius 1 is 1.19 bits per heavy atom. The maximum Gasteiger partial charge on any atom is 0.227 e. The zero-order valence-corrected chi connectivity index (χ0v) is 15.6. The molecule has 2 amide bonds. The summed E-state index contributed by atoms with van der Waals surface area (Å²) in [6, 6.07) is 9.82. The summed E-state index contributed by atoms with van der Waals surface area (Å²) < 4.78 is 0. The Morgan fingerprint density at radius 2 is 2.00 bits per heavy atom. The molecule has 1 saturated heterocycles. The molecule has 2 aliphatic rings. The molecule has 0 bridgehead atoms. The van der Waals surface area contributed by atoms with Gasteiger partial charge in [0.15, 0.2) is 5.82 Å². The van der Waals surface area contributed by atoms with E-state index in [0.29, 0.717) is 19.5 Å². The van der Waals surface area contributed by atoms with Gasteiger partial charge < -0.3 is 9.80 Å². The molecule has 3 heterocycles. The minimum atomic E-state index is -0.00876. The zero-order valence-electron chi connectivity index (χ0n) is 15.6. The van der Waals surface area contributed by atoms with Crippen molar-refractivity contribution in [2.24, 2.45) is 0 Å². The van der Waals surface area contributed by atoms with E-state index in [1.807, 2.05) is 46.3 Å². The minimum Gasteiger partial charge on any atom is -0.338 e. The lowest BCUT2D eigenvalue weighted by molar-refractivity contribution is -0.131. The van der Waals surface area contributed by atoms with Crippen molar-refractivity contribution in [3.05, 3.63) is 59.2 Å². The molecule has 1 aromatic heterocycles. The lowest BCUT2D eigenvalue weighted by Crippen LogP contribution is -2.38. The van der Waals surface area contributed by atoms with Gasteiger partial charge in [0.25, 0.3) is 0 Å². The van der Waals surface area contributed by atoms with Gasteiger partial charge in [0, 0.05) is 44.7 Å². The Balaban J connectivity index is 1.46. The largest absolute Gasteiger partial charge is 0.338 e. The molecule has 2 aliphatic heterocycles. The van der Waals surface area contributed by atoms with E-state index >= 15 is 0 Å². The van der Waals surface area contributed by atoms with Gasteiger partial charge in [0.1, 0.15) is 0 Å². The van der Waals surface area contributed by atoms with Crippen LogP contribution in [-0.4, -0.2) is 44.7 Å². The summed E-state index contributed by atoms with van der Waals surface area (Å²) in [7, 11) is 0. The van der Waals surface area contributed by atoms with Crippen molar-refractivity contribution >= 4 is 11.8 Å². The Morgan fingerprint density at radius 3 is 2.78 bits per heavy atom. The third kappa shape index (κ3) is 3.70. The zero-order chi connectivity index (χ0) is 18.8. The molecule has 0 radical (unpaired) electrons. The predicted octanol–water partition coefficient (Wildman–Crippen LogP) is 2.29. The van der Waals surface area contributed by atoms with Gasteiger partial charge in [-0.3, -0.25) is 9.59 Å². The molecule has 0 saturated carbocycles. The minimum absolute atomic E-state index is 0.00876. The predicted molar refractivity (Wildman–Crippen MR) is 101 cm³/mol. The number of hydrogen-bond acceptors (Lipinski definition) is 4. The molecule has 0 spiro atoms. The number of rotatable bonds is 3. The molecule has 4 rings (SSSR count). The van der Waals surface area contributed by atoms with Gasteiger partial charge in [0.2, 0.25) is 11.8 Å². The van der Waals surface area contributed by atoms with Gasteiger partial charge in [-0.1, -0.05) is 30.3 Å². The third-order valence-electron chi connectivity index (χ3n) is 5.46. The smallest absolute Gasteiger partial charge is 0.227 e. The lowest BCUT2D eigenvalue weighted by atomic mass is 10.0. The number of aromatic nitrogens is 2. The number of benzene rings is 1. The molecular weight excluding hydrogens is 340 g/mol. The fourth-order valence-corrected chi connectivity index (χ4v) is 4.00. The summed E-state index contributed by atoms with van der Waals surface area (Å²) in [5.41, 5.74) is 3.06. The normalized spacial score (nSPS) is 19.1. The molecule has 1 fully saturated rings. The Labute approximate surface area is 159 Å². The quantitative estimate of drug-likeness (QED) is 0.838. The highest BCUT2D eigenvalue weighted by molar-refractivity contribution is 5.79. The highest BCUT2D eigenvalue weighted by Crippen LogP contribution is 2.30. The van der Waals surface area contributed by atoms with Crippen molar-refractivity contribution in [1.82, 2.24) is 19.8 Å². The molecule has 0 N–H and O–H groups in total. The van der Waals surface area contributed by atoms with E-state index in [-0.39, 0.29) is 17.9 Å². The summed E-state index contributed by atoms with van der Waals surface area (Å²) in [5.74, 6) is 0.955. The second kappa shape index (κ2) is 7.47. The van der Waals surface area contributed by atoms with E-state index in [1.165, 1.54) is 0 Å². The summed E-state index contributed by atoms with van der Waals surface area (Å²) in [6.07, 6.45) is 4.91. The third-order valence-corrected chi connectivity index (χ3v) is 5.46. The van der Waals surface area contributed by atoms with Crippen molar-refractivity contribution in [2.45, 2.75) is 45.2 Å². The first-order valence-corrected chi connectivity index (χ1v) is 9.55. The molecule has 2 aromatic rings. The molecule has 1 unspecified atom stereocenters. The molecule has 6 heteroatoms. The van der Waals surface area contributed by atoms with Crippen LogP contribution in [0.15, 0.2) is 36.5 Å². The number of amides is 2. The summed E-state index contributed by atoms with van der Waals surface area (Å²) in [4.78, 5) is 37.5. The molecule has 1 atom stereocenters. The highest BCUT2D eigenvalue weighted by atomic mass is 16.2. The monoisotopic (exact) mass is 364 g/mol. The van der Waals surface area contributed by atoms with Crippen LogP contribution in [0.1, 0.15) is 48.5 Å². The van der Waals surface area contributed by atoms with E-state index in [9.17, 15) is 9.59 Å². The fourth-order valence-electron chi connectivity index (χ4n) is 4.00. The standard InChI is InChI=1S/C21H24N4O2/c1-15(26)25-10-5-8-19(25)21-22-13-17-14-24(11-9-18(17)23-21)20(27)12-16-6-3-2-4-7-16/h2-4,6-7,13,19H,5,8-12,14H2,1H3. The molecular formula is C21H24N4O2. The SMILES string of the molecule is CC(=O)N1CCCC1c1ncc2c(n1)CCN(C(=O)Cc1ccccc1)C2. The second-order valence-electron chi connectivity index (χ2n) is 7.30. The second-order valence-corrected chi connectivity index (χ2v) is 7.30. The van der Waals surface area contributed by atoms with Crippen molar-refractivity contribution in [1.29, 1.82) is 0 Å². The van der Waals surface area contributed by atoms with Crippen LogP contribution in [0.4, 0.5) is 0 Å². The Hall–Kier alpha value is -2.76. The molecule has 140 valence electrons. The summed E-state index contributed by atoms with van der Waals surface area (Å²) >= 11 is 0. The maximum atomic E-state index is 12.6. The van der Waals surface area contributed by atoms with Crippen molar-refractivity contribution < 1.29 is 9.59 Å². The van der Waals surface area contributed by atoms with Crippen LogP contribution in [-0.2, 0) is 29.0 Å². The average Bonchev–Trinajstić information content (AvgIpc) is 3.18. The summed E-state index contributed by atoms with van der Waals surface area (Å²) in [6.45, 7) is 3.62. The molecule has 1 aromatic carbocycles. The summed E-state index contributed by atoms with van der Waals surface area (Å²) in [5, 5.41) is 0. The van der Waals surface area contributed by atoms with E-state index in [4.69, 9.17) is 4.98 Å². The number of carbonyl (C=O) groups excluding carboxylic acids is 2. The van der Waals surface area contributed by atoms with Crippen LogP contribution in [0.25, 0.3) is 0 Å². The van der Waals surface area contributed by atoms with Gasteiger partial charge in [-0.05, 0) is 18.4 Å². The van der Waals surface area contributed by atoms with Crippen molar-refractivity contribution in [3.63, 3.8) is 0 Å². The highest BCUT2D eigenvalue weighted by Gasteiger charge is 2.31. The number of carbonyl (C=O) groups is 2. The topological polar surface area (TPSA) is 66.4 Å². The van der Waals surface area contributed by atoms with Crippen LogP contribution in [0.5, 0.6) is 0 Å². The Kier molecular flexibility index (Phi) is 4.88. The number of nitrogens with zero attached hydrogens (tertiary/aromatic N) is 4. The first-order chi connectivity index (χ1) is 13.1. The number of likely N-dealkylation sites (tertiary alicyclic amines) is 1. The average molecular weight is 364 g/mol. The van der Waals surface area contributed by atoms with E-state index in [2.05, 4.69) is 4.98 Å². The molecule has 27 heavy (non-hydrogen) atoms. The van der Waals surface area contributed by atoms with Gasteiger partial charge in [-0.2, -0.15) is 0 Å². The number of hydrogen-bond donors (Lipinski definition) is 0. The van der Waals surface area contributed by atoms with E-state index < -0.39 is 0 Å². The van der Waals surface area contributed by atoms with Crippen LogP contribution < -0.4 is 0 Å². The van der Waals surface area contributed by atoms with Gasteiger partial charge in [0.05, 0.1) is 18.2 Å². The van der Waals surface area contributed by atoms with Crippen molar-refractivity contribution in [3.8, 4) is 0 Å². The van der Waals surface area contributed by atoms with Crippen LogP contribution in [0.3, 0.4) is 0 Å². The first-order valence-electron chi connectivity index (χ1n) is 9.55. The maximum absolute atomic E-state index is 12.6. The van der Waals surface area contributed by atoms with Gasteiger partial charge in [-0.15, -0.1) is 0 Å². The fraction of sp³-hybridized carbons (Fsp3) is 0.429. The van der Waals surface area contributed by atoms with E-state index in [1.54, 1.807) is 6.92 Å². The van der Waals surface area contributed by atoms with E-state index in [0.717, 1.165) is 48.5 Å².